The molecular weight excluding hydrogens is 512 g/mol. The Morgan fingerprint density at radius 3 is 2.71 bits per heavy atom. The fourth-order valence-electron chi connectivity index (χ4n) is 5.35. The molecule has 0 spiro atoms. The maximum absolute atomic E-state index is 13.5. The van der Waals surface area contributed by atoms with E-state index < -0.39 is 17.6 Å². The van der Waals surface area contributed by atoms with Crippen molar-refractivity contribution in [2.24, 2.45) is 11.8 Å². The fourth-order valence-corrected chi connectivity index (χ4v) is 6.32. The lowest BCUT2D eigenvalue weighted by Crippen LogP contribution is -2.42. The van der Waals surface area contributed by atoms with E-state index >= 15 is 0 Å². The molecule has 10 heteroatoms. The number of hydrogen-bond acceptors (Lipinski definition) is 7. The molecule has 1 aliphatic rings. The highest BCUT2D eigenvalue weighted by Crippen LogP contribution is 2.35. The van der Waals surface area contributed by atoms with Crippen molar-refractivity contribution in [1.82, 2.24) is 15.4 Å². The average Bonchev–Trinajstić information content (AvgIpc) is 2.89. The van der Waals surface area contributed by atoms with E-state index in [0.29, 0.717) is 35.9 Å². The number of halogens is 2. The number of benzene rings is 2. The van der Waals surface area contributed by atoms with Crippen LogP contribution in [0.4, 0.5) is 8.78 Å². The van der Waals surface area contributed by atoms with E-state index in [0.717, 1.165) is 41.9 Å². The van der Waals surface area contributed by atoms with Crippen molar-refractivity contribution >= 4 is 28.6 Å². The molecule has 1 saturated heterocycles. The SMILES string of the molecule is COc1ccc2nccc([C@@H](CC[C@@H]3CCN(CCSc4cc(F)cc(F)c4)C[C@@H]3CC(=O)O)NO)c2c1. The molecule has 0 amide bonds. The molecule has 3 aromatic rings. The number of carbonyl (C=O) groups is 1. The third-order valence-electron chi connectivity index (χ3n) is 7.26. The molecule has 7 nitrogen and oxygen atoms in total. The van der Waals surface area contributed by atoms with Gasteiger partial charge in [-0.15, -0.1) is 11.8 Å². The minimum absolute atomic E-state index is 0.0218. The summed E-state index contributed by atoms with van der Waals surface area (Å²) >= 11 is 1.39. The van der Waals surface area contributed by atoms with Crippen molar-refractivity contribution in [3.05, 3.63) is 65.9 Å². The number of likely N-dealkylation sites (tertiary alicyclic amines) is 1. The number of hydroxylamine groups is 1. The van der Waals surface area contributed by atoms with Gasteiger partial charge in [-0.05, 0) is 79.6 Å². The van der Waals surface area contributed by atoms with Crippen molar-refractivity contribution in [2.45, 2.75) is 36.6 Å². The summed E-state index contributed by atoms with van der Waals surface area (Å²) in [6.07, 6.45) is 4.04. The number of fused-ring (bicyclic) bond motifs is 1. The summed E-state index contributed by atoms with van der Waals surface area (Å²) in [7, 11) is 1.61. The smallest absolute Gasteiger partial charge is 0.303 e. The van der Waals surface area contributed by atoms with Gasteiger partial charge in [-0.3, -0.25) is 9.78 Å². The van der Waals surface area contributed by atoms with Gasteiger partial charge in [-0.1, -0.05) is 0 Å². The van der Waals surface area contributed by atoms with Crippen LogP contribution in [0.2, 0.25) is 0 Å². The molecule has 2 aromatic carbocycles. The largest absolute Gasteiger partial charge is 0.497 e. The number of nitrogens with zero attached hydrogens (tertiary/aromatic N) is 2. The van der Waals surface area contributed by atoms with Gasteiger partial charge in [-0.2, -0.15) is 5.48 Å². The summed E-state index contributed by atoms with van der Waals surface area (Å²) in [4.78, 5) is 18.8. The Morgan fingerprint density at radius 1 is 1.21 bits per heavy atom. The number of carboxylic acids is 1. The number of rotatable bonds is 12. The van der Waals surface area contributed by atoms with Gasteiger partial charge in [0.1, 0.15) is 17.4 Å². The van der Waals surface area contributed by atoms with Crippen LogP contribution in [0.1, 0.15) is 37.3 Å². The summed E-state index contributed by atoms with van der Waals surface area (Å²) in [5.41, 5.74) is 4.17. The third kappa shape index (κ3) is 7.41. The molecule has 0 saturated carbocycles. The molecule has 0 radical (unpaired) electrons. The van der Waals surface area contributed by atoms with E-state index in [2.05, 4.69) is 15.4 Å². The molecule has 3 N–H and O–H groups in total. The van der Waals surface area contributed by atoms with Crippen LogP contribution in [0.5, 0.6) is 5.75 Å². The molecular formula is C28H33F2N3O4S. The van der Waals surface area contributed by atoms with E-state index in [9.17, 15) is 23.9 Å². The first-order valence-electron chi connectivity index (χ1n) is 12.7. The fraction of sp³-hybridized carbons (Fsp3) is 0.429. The van der Waals surface area contributed by atoms with Gasteiger partial charge in [0.15, 0.2) is 0 Å². The summed E-state index contributed by atoms with van der Waals surface area (Å²) < 4.78 is 32.3. The molecule has 1 aliphatic heterocycles. The number of piperidine rings is 1. The Labute approximate surface area is 225 Å². The van der Waals surface area contributed by atoms with Crippen LogP contribution in [0.3, 0.4) is 0 Å². The van der Waals surface area contributed by atoms with Gasteiger partial charge >= 0.3 is 5.97 Å². The van der Waals surface area contributed by atoms with Gasteiger partial charge in [0.05, 0.1) is 18.7 Å². The highest BCUT2D eigenvalue weighted by atomic mass is 32.2. The highest BCUT2D eigenvalue weighted by molar-refractivity contribution is 7.99. The zero-order chi connectivity index (χ0) is 27.1. The first-order valence-corrected chi connectivity index (χ1v) is 13.7. The summed E-state index contributed by atoms with van der Waals surface area (Å²) in [5, 5.41) is 20.5. The average molecular weight is 546 g/mol. The van der Waals surface area contributed by atoms with Crippen LogP contribution < -0.4 is 10.2 Å². The normalized spacial score (nSPS) is 18.9. The second kappa shape index (κ2) is 13.3. The zero-order valence-corrected chi connectivity index (χ0v) is 22.1. The number of ether oxygens (including phenoxy) is 1. The van der Waals surface area contributed by atoms with E-state index in [1.807, 2.05) is 24.3 Å². The molecule has 0 aliphatic carbocycles. The molecule has 2 heterocycles. The van der Waals surface area contributed by atoms with E-state index in [1.54, 1.807) is 13.3 Å². The number of hydrogen-bond donors (Lipinski definition) is 3. The summed E-state index contributed by atoms with van der Waals surface area (Å²) in [6, 6.07) is 10.7. The van der Waals surface area contributed by atoms with Crippen LogP contribution in [0, 0.1) is 23.5 Å². The van der Waals surface area contributed by atoms with Crippen molar-refractivity contribution in [3.8, 4) is 5.75 Å². The van der Waals surface area contributed by atoms with Crippen LogP contribution in [0.15, 0.2) is 53.6 Å². The lowest BCUT2D eigenvalue weighted by molar-refractivity contribution is -0.139. The van der Waals surface area contributed by atoms with E-state index in [1.165, 1.54) is 23.9 Å². The number of aromatic nitrogens is 1. The molecule has 0 bridgehead atoms. The Kier molecular flexibility index (Phi) is 9.90. The van der Waals surface area contributed by atoms with Gasteiger partial charge in [-0.25, -0.2) is 8.78 Å². The Morgan fingerprint density at radius 2 is 2.00 bits per heavy atom. The Bertz CT molecular complexity index is 1230. The standard InChI is InChI=1S/C28H33F2N3O4S/c1-37-22-3-5-26-25(16-22)24(6-8-31-26)27(32-36)4-2-18-7-9-33(17-19(18)12-28(34)35)10-11-38-23-14-20(29)13-21(30)15-23/h3,5-6,8,13-16,18-19,27,32,36H,2,4,7,9-12,17H2,1H3,(H,34,35)/t18-,19+,27-/m1/s1. The second-order valence-corrected chi connectivity index (χ2v) is 10.9. The number of thioether (sulfide) groups is 1. The van der Waals surface area contributed by atoms with Crippen LogP contribution >= 0.6 is 11.8 Å². The topological polar surface area (TPSA) is 94.9 Å². The minimum atomic E-state index is -0.824. The highest BCUT2D eigenvalue weighted by Gasteiger charge is 2.31. The first-order chi connectivity index (χ1) is 18.4. The second-order valence-electron chi connectivity index (χ2n) is 9.70. The van der Waals surface area contributed by atoms with Crippen molar-refractivity contribution in [3.63, 3.8) is 0 Å². The van der Waals surface area contributed by atoms with Crippen LogP contribution in [-0.4, -0.2) is 58.7 Å². The predicted molar refractivity (Wildman–Crippen MR) is 143 cm³/mol. The Balaban J connectivity index is 1.37. The number of aliphatic carboxylic acids is 1. The molecule has 1 aromatic heterocycles. The van der Waals surface area contributed by atoms with Gasteiger partial charge in [0, 0.05) is 47.8 Å². The zero-order valence-electron chi connectivity index (χ0n) is 21.3. The molecule has 204 valence electrons. The molecule has 38 heavy (non-hydrogen) atoms. The number of methoxy groups -OCH3 is 1. The van der Waals surface area contributed by atoms with E-state index in [-0.39, 0.29) is 24.3 Å². The van der Waals surface area contributed by atoms with Crippen LogP contribution in [-0.2, 0) is 4.79 Å². The molecule has 3 atom stereocenters. The summed E-state index contributed by atoms with van der Waals surface area (Å²) in [5.74, 6) is -0.470. The monoisotopic (exact) mass is 545 g/mol. The third-order valence-corrected chi connectivity index (χ3v) is 8.22. The first kappa shape index (κ1) is 28.2. The van der Waals surface area contributed by atoms with Gasteiger partial charge in [0.25, 0.3) is 0 Å². The summed E-state index contributed by atoms with van der Waals surface area (Å²) in [6.45, 7) is 2.18. The lowest BCUT2D eigenvalue weighted by Gasteiger charge is -2.38. The molecule has 1 fully saturated rings. The molecule has 4 rings (SSSR count). The number of nitrogens with one attached hydrogen (secondary N) is 1. The molecule has 0 unspecified atom stereocenters. The Hall–Kier alpha value is -2.79. The number of carboxylic acid groups (broad SMARTS) is 1. The maximum atomic E-state index is 13.5. The van der Waals surface area contributed by atoms with Gasteiger partial charge < -0.3 is 20.0 Å². The maximum Gasteiger partial charge on any atom is 0.303 e. The number of pyridine rings is 1. The quantitative estimate of drug-likeness (QED) is 0.202. The van der Waals surface area contributed by atoms with Gasteiger partial charge in [0.2, 0.25) is 0 Å². The minimum Gasteiger partial charge on any atom is -0.497 e. The van der Waals surface area contributed by atoms with Crippen LogP contribution in [0.25, 0.3) is 10.9 Å². The van der Waals surface area contributed by atoms with Crippen molar-refractivity contribution in [1.29, 1.82) is 0 Å². The lowest BCUT2D eigenvalue weighted by atomic mass is 9.79. The van der Waals surface area contributed by atoms with E-state index in [4.69, 9.17) is 4.74 Å². The predicted octanol–water partition coefficient (Wildman–Crippen LogP) is 5.53. The van der Waals surface area contributed by atoms with Crippen molar-refractivity contribution < 1.29 is 28.6 Å². The van der Waals surface area contributed by atoms with Crippen molar-refractivity contribution in [2.75, 3.05) is 32.5 Å².